The second-order valence-electron chi connectivity index (χ2n) is 6.19. The van der Waals surface area contributed by atoms with Crippen molar-refractivity contribution in [1.29, 1.82) is 0 Å². The van der Waals surface area contributed by atoms with Crippen molar-refractivity contribution in [2.45, 2.75) is 25.1 Å². The van der Waals surface area contributed by atoms with Crippen LogP contribution in [0, 0.1) is 0 Å². The summed E-state index contributed by atoms with van der Waals surface area (Å²) in [7, 11) is 0. The minimum atomic E-state index is -5.08. The van der Waals surface area contributed by atoms with Crippen LogP contribution in [0.4, 0.5) is 13.2 Å². The van der Waals surface area contributed by atoms with Gasteiger partial charge < -0.3 is 32.0 Å². The molecule has 0 aliphatic carbocycles. The number of ketones is 1. The maximum atomic E-state index is 12.3. The predicted octanol–water partition coefficient (Wildman–Crippen LogP) is 0.607. The number of guanidine groups is 1. The zero-order valence-corrected chi connectivity index (χ0v) is 16.3. The molecule has 11 nitrogen and oxygen atoms in total. The summed E-state index contributed by atoms with van der Waals surface area (Å²) in [6.07, 6.45) is -3.21. The van der Waals surface area contributed by atoms with E-state index >= 15 is 0 Å². The zero-order valence-electron chi connectivity index (χ0n) is 16.3. The van der Waals surface area contributed by atoms with Gasteiger partial charge in [-0.25, -0.2) is 9.59 Å². The van der Waals surface area contributed by atoms with Crippen LogP contribution >= 0.6 is 0 Å². The van der Waals surface area contributed by atoms with E-state index in [1.54, 1.807) is 24.3 Å². The van der Waals surface area contributed by atoms with Crippen LogP contribution in [-0.2, 0) is 14.4 Å². The number of halogens is 3. The Hall–Kier alpha value is -4.10. The monoisotopic (exact) mass is 459 g/mol. The van der Waals surface area contributed by atoms with Crippen LogP contribution in [0.25, 0.3) is 10.9 Å². The van der Waals surface area contributed by atoms with Crippen LogP contribution < -0.4 is 16.8 Å². The number of para-hydroxylation sites is 1. The van der Waals surface area contributed by atoms with Gasteiger partial charge in [0.05, 0.1) is 5.56 Å². The number of fused-ring (bicyclic) bond motifs is 1. The lowest BCUT2D eigenvalue weighted by molar-refractivity contribution is -0.192. The third-order valence-corrected chi connectivity index (χ3v) is 3.83. The molecule has 0 saturated heterocycles. The lowest BCUT2D eigenvalue weighted by Gasteiger charge is -2.13. The van der Waals surface area contributed by atoms with Crippen molar-refractivity contribution in [2.75, 3.05) is 6.54 Å². The molecule has 0 spiro atoms. The summed E-state index contributed by atoms with van der Waals surface area (Å²) >= 11 is 0. The number of carbonyl (C=O) groups excluding carboxylic acids is 2. The van der Waals surface area contributed by atoms with Gasteiger partial charge in [0, 0.05) is 23.6 Å². The number of nitrogens with zero attached hydrogens (tertiary/aromatic N) is 1. The maximum absolute atomic E-state index is 12.3. The van der Waals surface area contributed by atoms with Gasteiger partial charge in [-0.15, -0.1) is 0 Å². The molecule has 0 fully saturated rings. The number of carboxylic acids is 2. The SMILES string of the molecule is NC(N)=NCCC[C@@H](NC(=O)C(=O)c1c[nH]c2ccccc12)C(=O)O.O=C(O)C(F)(F)F. The molecule has 0 unspecified atom stereocenters. The summed E-state index contributed by atoms with van der Waals surface area (Å²) in [6.45, 7) is 0.235. The number of aliphatic imine (C=N–C) groups is 1. The minimum absolute atomic E-state index is 0.0922. The van der Waals surface area contributed by atoms with Crippen molar-refractivity contribution in [3.05, 3.63) is 36.0 Å². The van der Waals surface area contributed by atoms with Crippen LogP contribution in [0.3, 0.4) is 0 Å². The van der Waals surface area contributed by atoms with Crippen molar-refractivity contribution in [3.8, 4) is 0 Å². The first-order valence-electron chi connectivity index (χ1n) is 8.84. The summed E-state index contributed by atoms with van der Waals surface area (Å²) < 4.78 is 31.7. The second-order valence-corrected chi connectivity index (χ2v) is 6.19. The van der Waals surface area contributed by atoms with E-state index in [0.717, 1.165) is 0 Å². The van der Waals surface area contributed by atoms with Crippen LogP contribution in [0.1, 0.15) is 23.2 Å². The molecule has 0 radical (unpaired) electrons. The average Bonchev–Trinajstić information content (AvgIpc) is 3.13. The van der Waals surface area contributed by atoms with E-state index in [1.807, 2.05) is 0 Å². The smallest absolute Gasteiger partial charge is 0.480 e. The third kappa shape index (κ3) is 7.97. The number of benzene rings is 1. The molecule has 1 aromatic carbocycles. The van der Waals surface area contributed by atoms with Gasteiger partial charge in [0.1, 0.15) is 6.04 Å². The number of carboxylic acid groups (broad SMARTS) is 2. The molecule has 32 heavy (non-hydrogen) atoms. The van der Waals surface area contributed by atoms with Gasteiger partial charge in [0.25, 0.3) is 11.7 Å². The summed E-state index contributed by atoms with van der Waals surface area (Å²) in [6, 6.07) is 5.82. The molecular formula is C18H20F3N5O6. The highest BCUT2D eigenvalue weighted by molar-refractivity contribution is 6.45. The predicted molar refractivity (Wildman–Crippen MR) is 106 cm³/mol. The van der Waals surface area contributed by atoms with Gasteiger partial charge in [-0.1, -0.05) is 18.2 Å². The van der Waals surface area contributed by atoms with Crippen molar-refractivity contribution < 1.29 is 42.6 Å². The number of H-pyrrole nitrogens is 1. The van der Waals surface area contributed by atoms with Gasteiger partial charge >= 0.3 is 18.1 Å². The maximum Gasteiger partial charge on any atom is 0.490 e. The van der Waals surface area contributed by atoms with Crippen LogP contribution in [-0.4, -0.2) is 63.5 Å². The van der Waals surface area contributed by atoms with Gasteiger partial charge in [-0.05, 0) is 18.9 Å². The molecule has 1 amide bonds. The van der Waals surface area contributed by atoms with E-state index < -0.39 is 35.8 Å². The van der Waals surface area contributed by atoms with E-state index in [1.165, 1.54) is 6.20 Å². The quantitative estimate of drug-likeness (QED) is 0.108. The van der Waals surface area contributed by atoms with E-state index in [-0.39, 0.29) is 24.5 Å². The molecule has 1 atom stereocenters. The Balaban J connectivity index is 0.000000633. The van der Waals surface area contributed by atoms with Gasteiger partial charge in [-0.2, -0.15) is 13.2 Å². The van der Waals surface area contributed by atoms with Gasteiger partial charge in [0.2, 0.25) is 0 Å². The number of nitrogens with one attached hydrogen (secondary N) is 2. The number of aliphatic carboxylic acids is 2. The van der Waals surface area contributed by atoms with Crippen molar-refractivity contribution in [1.82, 2.24) is 10.3 Å². The van der Waals surface area contributed by atoms with Crippen LogP contribution in [0.5, 0.6) is 0 Å². The first-order chi connectivity index (χ1) is 14.8. The number of amides is 1. The minimum Gasteiger partial charge on any atom is -0.480 e. The van der Waals surface area contributed by atoms with E-state index in [4.69, 9.17) is 21.4 Å². The van der Waals surface area contributed by atoms with E-state index in [0.29, 0.717) is 17.3 Å². The Kier molecular flexibility index (Phi) is 9.19. The fraction of sp³-hybridized carbons (Fsp3) is 0.278. The average molecular weight is 459 g/mol. The fourth-order valence-electron chi connectivity index (χ4n) is 2.37. The number of Topliss-reactive ketones (excluding diaryl/α,β-unsaturated/α-hetero) is 1. The Morgan fingerprint density at radius 3 is 2.25 bits per heavy atom. The van der Waals surface area contributed by atoms with Gasteiger partial charge in [0.15, 0.2) is 5.96 Å². The third-order valence-electron chi connectivity index (χ3n) is 3.83. The van der Waals surface area contributed by atoms with E-state index in [9.17, 15) is 32.7 Å². The number of nitrogens with two attached hydrogens (primary N) is 2. The molecule has 1 aromatic heterocycles. The Morgan fingerprint density at radius 1 is 1.12 bits per heavy atom. The topological polar surface area (TPSA) is 201 Å². The highest BCUT2D eigenvalue weighted by Gasteiger charge is 2.38. The highest BCUT2D eigenvalue weighted by Crippen LogP contribution is 2.18. The standard InChI is InChI=1S/C16H19N5O4.C2HF3O2/c17-16(18)19-7-3-6-12(15(24)25)21-14(23)13(22)10-8-20-11-5-2-1-4-9(10)11;3-2(4,5)1(6)7/h1-2,4-5,8,12,20H,3,6-7H2,(H,21,23)(H,24,25)(H4,17,18,19);(H,6,7)/t12-;/m1./s1. The summed E-state index contributed by atoms with van der Waals surface area (Å²) in [5.74, 6) is -5.85. The summed E-state index contributed by atoms with van der Waals surface area (Å²) in [5.41, 5.74) is 11.3. The molecular weight excluding hydrogens is 439 g/mol. The largest absolute Gasteiger partial charge is 0.490 e. The number of carbonyl (C=O) groups is 4. The van der Waals surface area contributed by atoms with Crippen LogP contribution in [0.15, 0.2) is 35.5 Å². The van der Waals surface area contributed by atoms with Crippen molar-refractivity contribution in [2.24, 2.45) is 16.5 Å². The second kappa shape index (κ2) is 11.3. The normalized spacial score (nSPS) is 11.6. The van der Waals surface area contributed by atoms with Crippen molar-refractivity contribution in [3.63, 3.8) is 0 Å². The molecule has 174 valence electrons. The molecule has 0 bridgehead atoms. The van der Waals surface area contributed by atoms with Crippen molar-refractivity contribution >= 4 is 40.5 Å². The number of alkyl halides is 3. The Labute approximate surface area is 178 Å². The Bertz CT molecular complexity index is 1010. The van der Waals surface area contributed by atoms with Crippen LogP contribution in [0.2, 0.25) is 0 Å². The molecule has 0 aliphatic rings. The summed E-state index contributed by atoms with van der Waals surface area (Å²) in [4.78, 5) is 51.3. The number of aromatic nitrogens is 1. The molecule has 2 rings (SSSR count). The zero-order chi connectivity index (χ0) is 24.5. The van der Waals surface area contributed by atoms with E-state index in [2.05, 4.69) is 15.3 Å². The molecule has 0 aliphatic heterocycles. The molecule has 0 saturated carbocycles. The summed E-state index contributed by atoms with van der Waals surface area (Å²) in [5, 5.41) is 19.2. The van der Waals surface area contributed by atoms with Gasteiger partial charge in [-0.3, -0.25) is 14.6 Å². The molecule has 8 N–H and O–H groups in total. The Morgan fingerprint density at radius 2 is 1.72 bits per heavy atom. The molecule has 14 heteroatoms. The molecule has 1 heterocycles. The number of aromatic amines is 1. The fourth-order valence-corrected chi connectivity index (χ4v) is 2.37. The highest BCUT2D eigenvalue weighted by atomic mass is 19.4. The number of hydrogen-bond donors (Lipinski definition) is 6. The lowest BCUT2D eigenvalue weighted by atomic mass is 10.1. The lowest BCUT2D eigenvalue weighted by Crippen LogP contribution is -2.44. The number of hydrogen-bond acceptors (Lipinski definition) is 5. The first kappa shape index (κ1) is 25.9. The number of rotatable bonds is 8. The first-order valence-corrected chi connectivity index (χ1v) is 8.84. The molecule has 2 aromatic rings.